The van der Waals surface area contributed by atoms with Gasteiger partial charge in [0.25, 0.3) is 0 Å². The number of sulfonamides is 1. The summed E-state index contributed by atoms with van der Waals surface area (Å²) < 4.78 is 24.0. The van der Waals surface area contributed by atoms with Crippen molar-refractivity contribution in [2.45, 2.75) is 13.3 Å². The molecule has 8 heteroatoms. The zero-order valence-electron chi connectivity index (χ0n) is 10.8. The topological polar surface area (TPSA) is 108 Å². The van der Waals surface area contributed by atoms with Crippen molar-refractivity contribution in [2.75, 3.05) is 24.7 Å². The summed E-state index contributed by atoms with van der Waals surface area (Å²) in [6, 6.07) is 3.11. The largest absolute Gasteiger partial charge is 0.478 e. The van der Waals surface area contributed by atoms with E-state index in [1.807, 2.05) is 0 Å². The van der Waals surface area contributed by atoms with Gasteiger partial charge in [0.15, 0.2) is 0 Å². The normalized spacial score (nSPS) is 11.3. The molecule has 0 atom stereocenters. The van der Waals surface area contributed by atoms with Crippen LogP contribution in [0.5, 0.6) is 0 Å². The number of aromatic nitrogens is 1. The lowest BCUT2D eigenvalue weighted by Crippen LogP contribution is -2.24. The summed E-state index contributed by atoms with van der Waals surface area (Å²) in [4.78, 5) is 15.1. The van der Waals surface area contributed by atoms with Gasteiger partial charge in [-0.15, -0.1) is 0 Å². The standard InChI is InChI=1S/C11H17N3O4S/c1-8-4-5-9(11(15)16)10(14-8)12-6-3-7-13-19(2,17)18/h4-5,13H,3,6-7H2,1-2H3,(H,12,14)(H,15,16). The highest BCUT2D eigenvalue weighted by Crippen LogP contribution is 2.13. The lowest BCUT2D eigenvalue weighted by Gasteiger charge is -2.09. The van der Waals surface area contributed by atoms with E-state index >= 15 is 0 Å². The van der Waals surface area contributed by atoms with Crippen LogP contribution in [-0.2, 0) is 10.0 Å². The highest BCUT2D eigenvalue weighted by Gasteiger charge is 2.10. The molecule has 1 rings (SSSR count). The van der Waals surface area contributed by atoms with Crippen LogP contribution >= 0.6 is 0 Å². The molecule has 106 valence electrons. The first-order valence-corrected chi connectivity index (χ1v) is 7.58. The van der Waals surface area contributed by atoms with Gasteiger partial charge in [-0.05, 0) is 25.5 Å². The Morgan fingerprint density at radius 2 is 2.05 bits per heavy atom. The van der Waals surface area contributed by atoms with Gasteiger partial charge in [-0.1, -0.05) is 0 Å². The molecule has 1 aromatic rings. The summed E-state index contributed by atoms with van der Waals surface area (Å²) in [5.41, 5.74) is 0.809. The molecule has 1 heterocycles. The van der Waals surface area contributed by atoms with Crippen molar-refractivity contribution in [1.29, 1.82) is 0 Å². The second kappa shape index (κ2) is 6.48. The molecule has 1 aromatic heterocycles. The Balaban J connectivity index is 2.53. The number of carbonyl (C=O) groups is 1. The fraction of sp³-hybridized carbons (Fsp3) is 0.455. The molecular formula is C11H17N3O4S. The van der Waals surface area contributed by atoms with Crippen LogP contribution in [0.3, 0.4) is 0 Å². The van der Waals surface area contributed by atoms with Crippen molar-refractivity contribution in [3.05, 3.63) is 23.4 Å². The zero-order valence-corrected chi connectivity index (χ0v) is 11.6. The van der Waals surface area contributed by atoms with Gasteiger partial charge < -0.3 is 10.4 Å². The number of aryl methyl sites for hydroxylation is 1. The predicted molar refractivity (Wildman–Crippen MR) is 71.9 cm³/mol. The lowest BCUT2D eigenvalue weighted by molar-refractivity contribution is 0.0697. The van der Waals surface area contributed by atoms with Crippen LogP contribution in [-0.4, -0.2) is 43.8 Å². The molecule has 0 unspecified atom stereocenters. The van der Waals surface area contributed by atoms with E-state index in [0.29, 0.717) is 31.0 Å². The maximum atomic E-state index is 11.0. The molecule has 3 N–H and O–H groups in total. The minimum atomic E-state index is -3.19. The van der Waals surface area contributed by atoms with Gasteiger partial charge in [0.05, 0.1) is 6.26 Å². The van der Waals surface area contributed by atoms with E-state index in [1.165, 1.54) is 6.07 Å². The predicted octanol–water partition coefficient (Wildman–Crippen LogP) is 0.439. The molecule has 0 aliphatic heterocycles. The minimum Gasteiger partial charge on any atom is -0.478 e. The first kappa shape index (κ1) is 15.4. The molecule has 0 fully saturated rings. The van der Waals surface area contributed by atoms with Gasteiger partial charge in [0.1, 0.15) is 11.4 Å². The highest BCUT2D eigenvalue weighted by atomic mass is 32.2. The van der Waals surface area contributed by atoms with E-state index in [1.54, 1.807) is 13.0 Å². The van der Waals surface area contributed by atoms with Crippen molar-refractivity contribution in [2.24, 2.45) is 0 Å². The van der Waals surface area contributed by atoms with E-state index in [9.17, 15) is 13.2 Å². The second-order valence-corrected chi connectivity index (χ2v) is 5.93. The quantitative estimate of drug-likeness (QED) is 0.628. The number of carboxylic acid groups (broad SMARTS) is 1. The maximum absolute atomic E-state index is 11.0. The van der Waals surface area contributed by atoms with Gasteiger partial charge in [0.2, 0.25) is 10.0 Å². The van der Waals surface area contributed by atoms with E-state index in [-0.39, 0.29) is 5.56 Å². The van der Waals surface area contributed by atoms with E-state index in [2.05, 4.69) is 15.0 Å². The highest BCUT2D eigenvalue weighted by molar-refractivity contribution is 7.88. The van der Waals surface area contributed by atoms with Gasteiger partial charge in [-0.2, -0.15) is 0 Å². The first-order valence-electron chi connectivity index (χ1n) is 5.69. The van der Waals surface area contributed by atoms with Crippen LogP contribution in [0.4, 0.5) is 5.82 Å². The summed E-state index contributed by atoms with van der Waals surface area (Å²) in [5.74, 6) is -0.754. The molecule has 0 saturated carbocycles. The third kappa shape index (κ3) is 5.66. The molecule has 0 bridgehead atoms. The van der Waals surface area contributed by atoms with E-state index in [4.69, 9.17) is 5.11 Å². The molecule has 0 radical (unpaired) electrons. The van der Waals surface area contributed by atoms with Crippen LogP contribution in [0.2, 0.25) is 0 Å². The van der Waals surface area contributed by atoms with Crippen molar-refractivity contribution < 1.29 is 18.3 Å². The molecule has 7 nitrogen and oxygen atoms in total. The first-order chi connectivity index (χ1) is 8.79. The van der Waals surface area contributed by atoms with Crippen LogP contribution in [0, 0.1) is 6.92 Å². The third-order valence-corrected chi connectivity index (χ3v) is 3.00. The molecule has 0 spiro atoms. The maximum Gasteiger partial charge on any atom is 0.339 e. The molecule has 0 saturated heterocycles. The molecule has 0 aromatic carbocycles. The Bertz CT molecular complexity index is 557. The molecular weight excluding hydrogens is 270 g/mol. The fourth-order valence-corrected chi connectivity index (χ4v) is 1.93. The zero-order chi connectivity index (χ0) is 14.5. The number of nitrogens with zero attached hydrogens (tertiary/aromatic N) is 1. The smallest absolute Gasteiger partial charge is 0.339 e. The van der Waals surface area contributed by atoms with Crippen LogP contribution in [0.25, 0.3) is 0 Å². The number of rotatable bonds is 7. The Hall–Kier alpha value is -1.67. The van der Waals surface area contributed by atoms with Crippen LogP contribution < -0.4 is 10.0 Å². The van der Waals surface area contributed by atoms with Gasteiger partial charge in [0, 0.05) is 18.8 Å². The van der Waals surface area contributed by atoms with E-state index < -0.39 is 16.0 Å². The average Bonchev–Trinajstić information content (AvgIpc) is 2.26. The molecule has 0 amide bonds. The Morgan fingerprint density at radius 1 is 1.37 bits per heavy atom. The van der Waals surface area contributed by atoms with Crippen molar-refractivity contribution in [1.82, 2.24) is 9.71 Å². The fourth-order valence-electron chi connectivity index (χ4n) is 1.42. The summed E-state index contributed by atoms with van der Waals surface area (Å²) in [6.07, 6.45) is 1.62. The van der Waals surface area contributed by atoms with Crippen LogP contribution in [0.15, 0.2) is 12.1 Å². The lowest BCUT2D eigenvalue weighted by atomic mass is 10.2. The number of hydrogen-bond donors (Lipinski definition) is 3. The summed E-state index contributed by atoms with van der Waals surface area (Å²) in [6.45, 7) is 2.49. The Labute approximate surface area is 112 Å². The number of aromatic carboxylic acids is 1. The second-order valence-electron chi connectivity index (χ2n) is 4.10. The average molecular weight is 287 g/mol. The Morgan fingerprint density at radius 3 is 2.63 bits per heavy atom. The monoisotopic (exact) mass is 287 g/mol. The number of hydrogen-bond acceptors (Lipinski definition) is 5. The third-order valence-electron chi connectivity index (χ3n) is 2.28. The number of carboxylic acids is 1. The van der Waals surface area contributed by atoms with Crippen molar-refractivity contribution in [3.8, 4) is 0 Å². The van der Waals surface area contributed by atoms with Gasteiger partial charge in [-0.3, -0.25) is 0 Å². The SMILES string of the molecule is Cc1ccc(C(=O)O)c(NCCCNS(C)(=O)=O)n1. The summed E-state index contributed by atoms with van der Waals surface area (Å²) in [7, 11) is -3.19. The molecule has 0 aliphatic rings. The van der Waals surface area contributed by atoms with Crippen molar-refractivity contribution in [3.63, 3.8) is 0 Å². The van der Waals surface area contributed by atoms with Crippen LogP contribution in [0.1, 0.15) is 22.5 Å². The molecule has 19 heavy (non-hydrogen) atoms. The van der Waals surface area contributed by atoms with Crippen molar-refractivity contribution >= 4 is 21.8 Å². The number of pyridine rings is 1. The number of anilines is 1. The van der Waals surface area contributed by atoms with E-state index in [0.717, 1.165) is 6.26 Å². The minimum absolute atomic E-state index is 0.0988. The van der Waals surface area contributed by atoms with Gasteiger partial charge in [-0.25, -0.2) is 22.9 Å². The Kier molecular flexibility index (Phi) is 5.25. The summed E-state index contributed by atoms with van der Waals surface area (Å²) >= 11 is 0. The van der Waals surface area contributed by atoms with Gasteiger partial charge >= 0.3 is 5.97 Å². The summed E-state index contributed by atoms with van der Waals surface area (Å²) in [5, 5.41) is 11.9. The number of nitrogens with one attached hydrogen (secondary N) is 2. The molecule has 0 aliphatic carbocycles.